The summed E-state index contributed by atoms with van der Waals surface area (Å²) in [4.78, 5) is 23.8. The van der Waals surface area contributed by atoms with Crippen LogP contribution in [0.3, 0.4) is 0 Å². The van der Waals surface area contributed by atoms with Gasteiger partial charge in [-0.15, -0.1) is 0 Å². The number of anilines is 1. The van der Waals surface area contributed by atoms with Crippen molar-refractivity contribution in [3.63, 3.8) is 0 Å². The van der Waals surface area contributed by atoms with Gasteiger partial charge in [-0.2, -0.15) is 0 Å². The van der Waals surface area contributed by atoms with Crippen molar-refractivity contribution in [1.82, 2.24) is 0 Å². The second kappa shape index (κ2) is 9.66. The molecule has 2 aliphatic rings. The molecule has 11 nitrogen and oxygen atoms in total. The minimum Gasteiger partial charge on any atom is -0.504 e. The number of fused-ring (bicyclic) bond motifs is 2. The Morgan fingerprint density at radius 3 is 2.11 bits per heavy atom. The number of hydrogen-bond donors (Lipinski definition) is 3. The number of rotatable bonds is 7. The molecule has 0 saturated carbocycles. The summed E-state index contributed by atoms with van der Waals surface area (Å²) >= 11 is 0. The smallest absolute Gasteiger partial charge is 0.310 e. The Hall–Kier alpha value is -4.67. The quantitative estimate of drug-likeness (QED) is 0.179. The van der Waals surface area contributed by atoms with Crippen molar-refractivity contribution in [1.29, 1.82) is 0 Å². The Bertz CT molecular complexity index is 1380. The molecule has 0 aromatic heterocycles. The number of ether oxygens (including phenoxy) is 4. The molecule has 1 fully saturated rings. The van der Waals surface area contributed by atoms with Gasteiger partial charge in [0.2, 0.25) is 5.75 Å². The van der Waals surface area contributed by atoms with Gasteiger partial charge in [0.15, 0.2) is 23.0 Å². The molecule has 0 amide bonds. The maximum Gasteiger partial charge on any atom is 0.310 e. The lowest BCUT2D eigenvalue weighted by molar-refractivity contribution is -0.384. The first kappa shape index (κ1) is 25.0. The molecule has 0 unspecified atom stereocenters. The summed E-state index contributed by atoms with van der Waals surface area (Å²) in [6.45, 7) is 0.121. The molecule has 1 aliphatic carbocycles. The van der Waals surface area contributed by atoms with Gasteiger partial charge in [0.05, 0.1) is 44.8 Å². The van der Waals surface area contributed by atoms with Gasteiger partial charge >= 0.3 is 5.97 Å². The topological polar surface area (TPSA) is 150 Å². The summed E-state index contributed by atoms with van der Waals surface area (Å²) in [5.74, 6) is -1.43. The summed E-state index contributed by atoms with van der Waals surface area (Å²) < 4.78 is 22.1. The van der Waals surface area contributed by atoms with E-state index in [9.17, 15) is 25.1 Å². The predicted octanol–water partition coefficient (Wildman–Crippen LogP) is 4.12. The number of carbonyl (C=O) groups is 1. The van der Waals surface area contributed by atoms with E-state index in [1.54, 1.807) is 24.3 Å². The fourth-order valence-electron chi connectivity index (χ4n) is 5.52. The molecular weight excluding hydrogens is 496 g/mol. The summed E-state index contributed by atoms with van der Waals surface area (Å²) in [5.41, 5.74) is 2.46. The molecule has 1 aliphatic heterocycles. The molecule has 1 heterocycles. The van der Waals surface area contributed by atoms with E-state index in [4.69, 9.17) is 18.9 Å². The lowest BCUT2D eigenvalue weighted by Crippen LogP contribution is -2.37. The zero-order chi connectivity index (χ0) is 27.1. The molecule has 198 valence electrons. The molecule has 0 spiro atoms. The van der Waals surface area contributed by atoms with Crippen molar-refractivity contribution < 1.29 is 38.9 Å². The van der Waals surface area contributed by atoms with Gasteiger partial charge in [-0.3, -0.25) is 14.9 Å². The summed E-state index contributed by atoms with van der Waals surface area (Å²) in [6.07, 6.45) is 0. The van der Waals surface area contributed by atoms with Gasteiger partial charge in [-0.1, -0.05) is 0 Å². The van der Waals surface area contributed by atoms with Crippen LogP contribution in [-0.2, 0) is 9.53 Å². The van der Waals surface area contributed by atoms with Crippen molar-refractivity contribution in [3.05, 3.63) is 75.3 Å². The first-order valence-electron chi connectivity index (χ1n) is 11.8. The highest BCUT2D eigenvalue weighted by Gasteiger charge is 2.52. The van der Waals surface area contributed by atoms with E-state index in [2.05, 4.69) is 5.32 Å². The average Bonchev–Trinajstić information content (AvgIpc) is 3.30. The third kappa shape index (κ3) is 4.05. The molecule has 5 rings (SSSR count). The van der Waals surface area contributed by atoms with E-state index in [-0.39, 0.29) is 29.7 Å². The number of nitro benzene ring substituents is 1. The molecule has 38 heavy (non-hydrogen) atoms. The molecular formula is C27H26N2O9. The molecule has 3 aromatic carbocycles. The zero-order valence-corrected chi connectivity index (χ0v) is 20.8. The average molecular weight is 523 g/mol. The molecule has 4 atom stereocenters. The number of benzene rings is 3. The van der Waals surface area contributed by atoms with Gasteiger partial charge in [-0.05, 0) is 53.1 Å². The summed E-state index contributed by atoms with van der Waals surface area (Å²) in [5, 5.41) is 35.3. The van der Waals surface area contributed by atoms with Crippen LogP contribution in [0.1, 0.15) is 28.7 Å². The number of hydrogen-bond acceptors (Lipinski definition) is 10. The van der Waals surface area contributed by atoms with Crippen LogP contribution in [0.5, 0.6) is 28.7 Å². The first-order valence-corrected chi connectivity index (χ1v) is 11.8. The van der Waals surface area contributed by atoms with Crippen molar-refractivity contribution in [2.24, 2.45) is 11.8 Å². The minimum atomic E-state index is -0.648. The van der Waals surface area contributed by atoms with Crippen LogP contribution in [0.25, 0.3) is 0 Å². The number of phenols is 2. The lowest BCUT2D eigenvalue weighted by atomic mass is 9.65. The van der Waals surface area contributed by atoms with E-state index >= 15 is 0 Å². The van der Waals surface area contributed by atoms with Gasteiger partial charge in [-0.25, -0.2) is 0 Å². The van der Waals surface area contributed by atoms with Crippen LogP contribution in [-0.4, -0.2) is 49.0 Å². The number of methoxy groups -OCH3 is 3. The number of carbonyl (C=O) groups excluding carboxylic acids is 1. The molecule has 11 heteroatoms. The fourth-order valence-corrected chi connectivity index (χ4v) is 5.52. The fraction of sp³-hybridized carbons (Fsp3) is 0.296. The Labute approximate surface area is 217 Å². The SMILES string of the molecule is COc1cc([C@@H]2c3cc(O)c(O)cc3[C@@H](Nc3ccc([N+](=O)[O-])cc3)[C@H]3COC(=O)[C@H]23)cc(OC)c1OC. The number of aromatic hydroxyl groups is 2. The summed E-state index contributed by atoms with van der Waals surface area (Å²) in [7, 11) is 4.49. The van der Waals surface area contributed by atoms with Gasteiger partial charge in [0, 0.05) is 29.7 Å². The van der Waals surface area contributed by atoms with Crippen molar-refractivity contribution in [2.45, 2.75) is 12.0 Å². The minimum absolute atomic E-state index is 0.0538. The monoisotopic (exact) mass is 522 g/mol. The maximum atomic E-state index is 13.2. The predicted molar refractivity (Wildman–Crippen MR) is 135 cm³/mol. The maximum absolute atomic E-state index is 13.2. The zero-order valence-electron chi connectivity index (χ0n) is 20.8. The lowest BCUT2D eigenvalue weighted by Gasteiger charge is -2.40. The van der Waals surface area contributed by atoms with Crippen LogP contribution in [0.15, 0.2) is 48.5 Å². The Morgan fingerprint density at radius 1 is 0.947 bits per heavy atom. The molecule has 3 N–H and O–H groups in total. The van der Waals surface area contributed by atoms with Crippen LogP contribution >= 0.6 is 0 Å². The van der Waals surface area contributed by atoms with E-state index in [0.717, 1.165) is 0 Å². The number of nitrogens with one attached hydrogen (secondary N) is 1. The van der Waals surface area contributed by atoms with E-state index < -0.39 is 28.8 Å². The van der Waals surface area contributed by atoms with Gasteiger partial charge < -0.3 is 34.5 Å². The summed E-state index contributed by atoms with van der Waals surface area (Å²) in [6, 6.07) is 11.8. The highest BCUT2D eigenvalue weighted by molar-refractivity contribution is 5.79. The third-order valence-electron chi connectivity index (χ3n) is 7.24. The van der Waals surface area contributed by atoms with Gasteiger partial charge in [0.25, 0.3) is 5.69 Å². The van der Waals surface area contributed by atoms with Crippen LogP contribution < -0.4 is 19.5 Å². The number of cyclic esters (lactones) is 1. The van der Waals surface area contributed by atoms with E-state index in [1.807, 2.05) is 0 Å². The Kier molecular flexibility index (Phi) is 6.35. The van der Waals surface area contributed by atoms with Crippen LogP contribution in [0, 0.1) is 22.0 Å². The Morgan fingerprint density at radius 2 is 1.55 bits per heavy atom. The molecule has 0 radical (unpaired) electrons. The number of non-ortho nitro benzene ring substituents is 1. The molecule has 3 aromatic rings. The highest BCUT2D eigenvalue weighted by atomic mass is 16.6. The number of esters is 1. The van der Waals surface area contributed by atoms with Gasteiger partial charge in [0.1, 0.15) is 0 Å². The van der Waals surface area contributed by atoms with E-state index in [0.29, 0.717) is 39.6 Å². The number of nitro groups is 1. The normalized spacial score (nSPS) is 21.6. The number of nitrogens with zero attached hydrogens (tertiary/aromatic N) is 1. The highest BCUT2D eigenvalue weighted by Crippen LogP contribution is 2.55. The standard InChI is InChI=1S/C27H26N2O9/c1-35-21-8-13(9-22(36-2)26(21)37-3)23-16-10-19(30)20(31)11-17(16)25(18-12-38-27(32)24(18)23)28-14-4-6-15(7-5-14)29(33)34/h4-11,18,23-25,28,30-31H,12H2,1-3H3/t18-,23+,24-,25+/m0/s1. The van der Waals surface area contributed by atoms with Crippen molar-refractivity contribution in [3.8, 4) is 28.7 Å². The molecule has 1 saturated heterocycles. The van der Waals surface area contributed by atoms with Crippen LogP contribution in [0.2, 0.25) is 0 Å². The second-order valence-electron chi connectivity index (χ2n) is 9.15. The van der Waals surface area contributed by atoms with E-state index in [1.165, 1.54) is 45.6 Å². The third-order valence-corrected chi connectivity index (χ3v) is 7.24. The first-order chi connectivity index (χ1) is 18.3. The van der Waals surface area contributed by atoms with Crippen LogP contribution in [0.4, 0.5) is 11.4 Å². The largest absolute Gasteiger partial charge is 0.504 e. The van der Waals surface area contributed by atoms with Crippen molar-refractivity contribution in [2.75, 3.05) is 33.3 Å². The molecule has 0 bridgehead atoms. The van der Waals surface area contributed by atoms with Crippen molar-refractivity contribution >= 4 is 17.3 Å². The number of phenolic OH excluding ortho intramolecular Hbond substituents is 2. The Balaban J connectivity index is 1.67. The second-order valence-corrected chi connectivity index (χ2v) is 9.15.